The van der Waals surface area contributed by atoms with Crippen molar-refractivity contribution in [2.75, 3.05) is 25.9 Å². The van der Waals surface area contributed by atoms with Crippen LogP contribution in [0.25, 0.3) is 5.57 Å². The number of aryl methyl sites for hydroxylation is 1. The molecule has 1 aromatic carbocycles. The number of thioether (sulfide) groups is 1. The molecule has 2 aliphatic heterocycles. The highest BCUT2D eigenvalue weighted by atomic mass is 32.2. The number of benzene rings is 1. The summed E-state index contributed by atoms with van der Waals surface area (Å²) >= 11 is 1.64. The van der Waals surface area contributed by atoms with Crippen LogP contribution in [0.2, 0.25) is 0 Å². The number of hydrogen-bond donors (Lipinski definition) is 0. The fraction of sp³-hybridized carbons (Fsp3) is 0.303. The molecule has 0 radical (unpaired) electrons. The second-order valence-electron chi connectivity index (χ2n) is 10.1. The zero-order valence-electron chi connectivity index (χ0n) is 23.4. The van der Waals surface area contributed by atoms with Gasteiger partial charge in [-0.1, -0.05) is 50.9 Å². The van der Waals surface area contributed by atoms with E-state index in [1.807, 2.05) is 38.1 Å². The molecule has 0 aliphatic carbocycles. The minimum Gasteiger partial charge on any atom is -0.331 e. The highest BCUT2D eigenvalue weighted by Gasteiger charge is 2.39. The van der Waals surface area contributed by atoms with E-state index in [1.165, 1.54) is 0 Å². The number of allylic oxidation sites excluding steroid dienone is 7. The number of hydrogen-bond acceptors (Lipinski definition) is 4. The van der Waals surface area contributed by atoms with Gasteiger partial charge in [0.1, 0.15) is 17.5 Å². The van der Waals surface area contributed by atoms with Crippen LogP contribution in [0.3, 0.4) is 0 Å². The van der Waals surface area contributed by atoms with E-state index in [0.29, 0.717) is 28.8 Å². The third-order valence-corrected chi connectivity index (χ3v) is 8.81. The predicted molar refractivity (Wildman–Crippen MR) is 161 cm³/mol. The first-order chi connectivity index (χ1) is 19.2. The maximum atomic E-state index is 15.7. The molecule has 4 rings (SSSR count). The Labute approximate surface area is 240 Å². The minimum atomic E-state index is -0.844. The summed E-state index contributed by atoms with van der Waals surface area (Å²) in [7, 11) is 2.07. The van der Waals surface area contributed by atoms with Crippen LogP contribution in [0.1, 0.15) is 37.1 Å². The van der Waals surface area contributed by atoms with Gasteiger partial charge in [0.15, 0.2) is 0 Å². The Bertz CT molecular complexity index is 1410. The van der Waals surface area contributed by atoms with Gasteiger partial charge in [-0.2, -0.15) is 0 Å². The zero-order chi connectivity index (χ0) is 29.0. The van der Waals surface area contributed by atoms with Crippen LogP contribution in [-0.2, 0) is 12.8 Å². The van der Waals surface area contributed by atoms with E-state index in [0.717, 1.165) is 53.2 Å². The lowest BCUT2D eigenvalue weighted by Crippen LogP contribution is -2.41. The van der Waals surface area contributed by atoms with Gasteiger partial charge in [0.05, 0.1) is 11.1 Å². The van der Waals surface area contributed by atoms with Crippen LogP contribution >= 0.6 is 11.8 Å². The quantitative estimate of drug-likeness (QED) is 0.257. The van der Waals surface area contributed by atoms with Crippen molar-refractivity contribution >= 4 is 17.3 Å². The van der Waals surface area contributed by atoms with Crippen LogP contribution in [0.15, 0.2) is 108 Å². The lowest BCUT2D eigenvalue weighted by Gasteiger charge is -2.38. The van der Waals surface area contributed by atoms with E-state index in [2.05, 4.69) is 41.6 Å². The first-order valence-electron chi connectivity index (χ1n) is 13.5. The summed E-state index contributed by atoms with van der Waals surface area (Å²) in [5, 5.41) is 0.900. The Morgan fingerprint density at radius 1 is 1.23 bits per heavy atom. The smallest absolute Gasteiger partial charge is 0.134 e. The molecule has 210 valence electrons. The predicted octanol–water partition coefficient (Wildman–Crippen LogP) is 8.17. The molecule has 0 N–H and O–H groups in total. The molecule has 2 aromatic rings. The van der Waals surface area contributed by atoms with Crippen molar-refractivity contribution in [1.29, 1.82) is 0 Å². The third kappa shape index (κ3) is 6.06. The number of likely N-dealkylation sites (N-methyl/N-ethyl adjacent to an activating group) is 1. The average Bonchev–Trinajstić information content (AvgIpc) is 3.36. The van der Waals surface area contributed by atoms with Gasteiger partial charge in [0, 0.05) is 66.0 Å². The standard InChI is InChI=1S/C33H36F3N3S/c1-7-24-12-11-14-27(32(24)36)31-21(3)28(18-29(22(4)34)30(35)8-2)33-39(23(31)5)26(20-40-33)19-38(6)17-15-25-13-9-10-16-37-25/h8-14,16,26H,2,4-5,7,15,17-20H2,1,3,6H3/b30-29+. The maximum Gasteiger partial charge on any atom is 0.134 e. The van der Waals surface area contributed by atoms with E-state index in [9.17, 15) is 8.78 Å². The molecule has 40 heavy (non-hydrogen) atoms. The van der Waals surface area contributed by atoms with E-state index < -0.39 is 11.7 Å². The number of fused-ring (bicyclic) bond motifs is 1. The summed E-state index contributed by atoms with van der Waals surface area (Å²) < 4.78 is 44.9. The van der Waals surface area contributed by atoms with E-state index in [-0.39, 0.29) is 23.9 Å². The fourth-order valence-electron chi connectivity index (χ4n) is 5.37. The SMILES string of the molecule is C=C/C(F)=C(/CC1=C2SCC(CN(C)CCc3ccccn3)N2C(=C)C(c2cccc(CC)c2F)=C1C)C(=C)F. The van der Waals surface area contributed by atoms with Crippen molar-refractivity contribution in [3.8, 4) is 0 Å². The molecule has 3 heterocycles. The lowest BCUT2D eigenvalue weighted by molar-refractivity contribution is 0.252. The molecule has 1 atom stereocenters. The van der Waals surface area contributed by atoms with Crippen molar-refractivity contribution in [3.05, 3.63) is 130 Å². The number of nitrogens with zero attached hydrogens (tertiary/aromatic N) is 3. The van der Waals surface area contributed by atoms with Crippen molar-refractivity contribution in [2.24, 2.45) is 0 Å². The number of pyridine rings is 1. The molecular weight excluding hydrogens is 527 g/mol. The highest BCUT2D eigenvalue weighted by Crippen LogP contribution is 2.50. The Kier molecular flexibility index (Phi) is 9.59. The molecule has 0 amide bonds. The molecule has 7 heteroatoms. The largest absolute Gasteiger partial charge is 0.331 e. The Hall–Kier alpha value is -3.29. The van der Waals surface area contributed by atoms with Crippen molar-refractivity contribution < 1.29 is 13.2 Å². The summed E-state index contributed by atoms with van der Waals surface area (Å²) in [4.78, 5) is 8.82. The monoisotopic (exact) mass is 563 g/mol. The Morgan fingerprint density at radius 2 is 2.00 bits per heavy atom. The Balaban J connectivity index is 1.74. The van der Waals surface area contributed by atoms with Gasteiger partial charge in [0.2, 0.25) is 0 Å². The van der Waals surface area contributed by atoms with E-state index in [1.54, 1.807) is 30.1 Å². The molecule has 0 bridgehead atoms. The van der Waals surface area contributed by atoms with Gasteiger partial charge in [-0.25, -0.2) is 13.2 Å². The number of aromatic nitrogens is 1. The molecule has 1 aromatic heterocycles. The summed E-state index contributed by atoms with van der Waals surface area (Å²) in [6.07, 6.45) is 4.14. The molecule has 2 aliphatic rings. The van der Waals surface area contributed by atoms with Crippen molar-refractivity contribution in [3.63, 3.8) is 0 Å². The van der Waals surface area contributed by atoms with Crippen molar-refractivity contribution in [2.45, 2.75) is 39.2 Å². The van der Waals surface area contributed by atoms with Gasteiger partial charge in [-0.15, -0.1) is 11.8 Å². The molecule has 0 saturated carbocycles. The van der Waals surface area contributed by atoms with Crippen LogP contribution in [-0.4, -0.2) is 46.7 Å². The second-order valence-corrected chi connectivity index (χ2v) is 11.2. The lowest BCUT2D eigenvalue weighted by atomic mass is 9.86. The first-order valence-corrected chi connectivity index (χ1v) is 14.4. The minimum absolute atomic E-state index is 0.0219. The zero-order valence-corrected chi connectivity index (χ0v) is 24.3. The summed E-state index contributed by atoms with van der Waals surface area (Å²) in [5.74, 6) is -1.12. The van der Waals surface area contributed by atoms with E-state index in [4.69, 9.17) is 0 Å². The van der Waals surface area contributed by atoms with Gasteiger partial charge in [-0.3, -0.25) is 4.98 Å². The van der Waals surface area contributed by atoms with Gasteiger partial charge < -0.3 is 9.80 Å². The third-order valence-electron chi connectivity index (χ3n) is 7.54. The van der Waals surface area contributed by atoms with Gasteiger partial charge in [0.25, 0.3) is 0 Å². The van der Waals surface area contributed by atoms with Gasteiger partial charge in [-0.05, 0) is 55.3 Å². The number of halogens is 3. The topological polar surface area (TPSA) is 19.4 Å². The molecule has 1 saturated heterocycles. The highest BCUT2D eigenvalue weighted by molar-refractivity contribution is 8.03. The first kappa shape index (κ1) is 29.7. The van der Waals surface area contributed by atoms with Crippen LogP contribution in [0, 0.1) is 5.82 Å². The molecular formula is C33H36F3N3S. The Morgan fingerprint density at radius 3 is 2.65 bits per heavy atom. The second kappa shape index (κ2) is 12.9. The molecule has 3 nitrogen and oxygen atoms in total. The summed E-state index contributed by atoms with van der Waals surface area (Å²) in [6.45, 7) is 16.6. The normalized spacial score (nSPS) is 17.9. The summed E-state index contributed by atoms with van der Waals surface area (Å²) in [6, 6.07) is 11.3. The average molecular weight is 564 g/mol. The van der Waals surface area contributed by atoms with E-state index >= 15 is 4.39 Å². The van der Waals surface area contributed by atoms with Crippen LogP contribution in [0.5, 0.6) is 0 Å². The van der Waals surface area contributed by atoms with Crippen LogP contribution in [0.4, 0.5) is 13.2 Å². The maximum absolute atomic E-state index is 15.7. The summed E-state index contributed by atoms with van der Waals surface area (Å²) in [5.41, 5.74) is 4.81. The molecule has 1 fully saturated rings. The fourth-order valence-corrected chi connectivity index (χ4v) is 6.77. The molecule has 0 spiro atoms. The van der Waals surface area contributed by atoms with Gasteiger partial charge >= 0.3 is 0 Å². The molecule has 1 unspecified atom stereocenters. The van der Waals surface area contributed by atoms with Crippen LogP contribution < -0.4 is 0 Å². The van der Waals surface area contributed by atoms with Crippen molar-refractivity contribution in [1.82, 2.24) is 14.8 Å². The number of rotatable bonds is 11.